The number of nitriles is 1. The maximum atomic E-state index is 8.27. The number of hydrogen-bond donors (Lipinski definition) is 0. The largest absolute Gasteiger partial charge is 0.192 e. The number of rotatable bonds is 2. The molecule has 2 heteroatoms. The summed E-state index contributed by atoms with van der Waals surface area (Å²) in [4.78, 5) is 0.694. The summed E-state index contributed by atoms with van der Waals surface area (Å²) in [6, 6.07) is 2.01. The molecule has 0 aromatic rings. The van der Waals surface area contributed by atoms with Crippen LogP contribution < -0.4 is 0 Å². The summed E-state index contributed by atoms with van der Waals surface area (Å²) in [6.07, 6.45) is 5.15. The van der Waals surface area contributed by atoms with Gasteiger partial charge in [-0.3, -0.25) is 0 Å². The average molecular weight is 125 g/mol. The topological polar surface area (TPSA) is 23.8 Å². The molecule has 8 heavy (non-hydrogen) atoms. The fourth-order valence-corrected chi connectivity index (χ4v) is 0.582. The van der Waals surface area contributed by atoms with E-state index in [1.165, 1.54) is 11.8 Å². The zero-order valence-electron chi connectivity index (χ0n) is 4.72. The number of hydrogen-bond acceptors (Lipinski definition) is 2. The summed E-state index contributed by atoms with van der Waals surface area (Å²) in [5, 5.41) is 8.27. The Labute approximate surface area is 53.7 Å². The first kappa shape index (κ1) is 7.32. The van der Waals surface area contributed by atoms with Gasteiger partial charge in [0, 0.05) is 0 Å². The summed E-state index contributed by atoms with van der Waals surface area (Å²) in [7, 11) is 0. The van der Waals surface area contributed by atoms with E-state index in [1.807, 2.05) is 12.3 Å². The fraction of sp³-hybridized carbons (Fsp3) is 0.167. The molecule has 42 valence electrons. The van der Waals surface area contributed by atoms with Gasteiger partial charge in [0.1, 0.15) is 6.07 Å². The standard InChI is InChI=1S/C6H7NS/c1-3-4-6(5-7)8-2/h3-4H,1H2,2H3/b6-4-. The van der Waals surface area contributed by atoms with Crippen molar-refractivity contribution in [3.05, 3.63) is 23.6 Å². The van der Waals surface area contributed by atoms with Crippen LogP contribution in [0.3, 0.4) is 0 Å². The molecule has 0 aliphatic heterocycles. The lowest BCUT2D eigenvalue weighted by Crippen LogP contribution is -1.63. The minimum Gasteiger partial charge on any atom is -0.192 e. The number of thioether (sulfide) groups is 1. The Hall–Kier alpha value is -0.680. The van der Waals surface area contributed by atoms with Crippen molar-refractivity contribution in [1.82, 2.24) is 0 Å². The van der Waals surface area contributed by atoms with Gasteiger partial charge < -0.3 is 0 Å². The molecule has 1 nitrogen and oxygen atoms in total. The third-order valence-electron chi connectivity index (χ3n) is 0.599. The van der Waals surface area contributed by atoms with Gasteiger partial charge in [0.15, 0.2) is 0 Å². The zero-order valence-corrected chi connectivity index (χ0v) is 5.53. The zero-order chi connectivity index (χ0) is 6.41. The molecule has 0 saturated heterocycles. The normalized spacial score (nSPS) is 10.2. The first-order valence-electron chi connectivity index (χ1n) is 2.12. The van der Waals surface area contributed by atoms with Gasteiger partial charge in [-0.2, -0.15) is 5.26 Å². The molecule has 0 aliphatic rings. The lowest BCUT2D eigenvalue weighted by molar-refractivity contribution is 1.53. The van der Waals surface area contributed by atoms with Crippen molar-refractivity contribution in [2.75, 3.05) is 6.26 Å². The van der Waals surface area contributed by atoms with E-state index in [1.54, 1.807) is 12.2 Å². The predicted octanol–water partition coefficient (Wildman–Crippen LogP) is 1.94. The fourth-order valence-electron chi connectivity index (χ4n) is 0.258. The van der Waals surface area contributed by atoms with Crippen LogP contribution in [-0.4, -0.2) is 6.26 Å². The Morgan fingerprint density at radius 2 is 2.50 bits per heavy atom. The summed E-state index contributed by atoms with van der Waals surface area (Å²) in [5.41, 5.74) is 0. The molecule has 0 bridgehead atoms. The van der Waals surface area contributed by atoms with Gasteiger partial charge in [-0.15, -0.1) is 11.8 Å². The molecule has 0 amide bonds. The van der Waals surface area contributed by atoms with E-state index in [0.29, 0.717) is 4.91 Å². The molecule has 0 aromatic carbocycles. The van der Waals surface area contributed by atoms with Gasteiger partial charge in [0.2, 0.25) is 0 Å². The lowest BCUT2D eigenvalue weighted by atomic mass is 10.5. The van der Waals surface area contributed by atoms with Gasteiger partial charge in [-0.05, 0) is 12.3 Å². The third-order valence-corrected chi connectivity index (χ3v) is 1.27. The van der Waals surface area contributed by atoms with E-state index in [4.69, 9.17) is 5.26 Å². The maximum Gasteiger partial charge on any atom is 0.106 e. The van der Waals surface area contributed by atoms with Crippen LogP contribution in [0, 0.1) is 11.3 Å². The highest BCUT2D eigenvalue weighted by atomic mass is 32.2. The summed E-state index contributed by atoms with van der Waals surface area (Å²) in [6.45, 7) is 3.46. The summed E-state index contributed by atoms with van der Waals surface area (Å²) < 4.78 is 0. The van der Waals surface area contributed by atoms with Crippen LogP contribution in [0.15, 0.2) is 23.6 Å². The van der Waals surface area contributed by atoms with Crippen molar-refractivity contribution in [2.24, 2.45) is 0 Å². The molecular formula is C6H7NS. The van der Waals surface area contributed by atoms with Gasteiger partial charge in [0.05, 0.1) is 4.91 Å². The van der Waals surface area contributed by atoms with E-state index < -0.39 is 0 Å². The molecule has 0 aliphatic carbocycles. The Kier molecular flexibility index (Phi) is 4.10. The first-order chi connectivity index (χ1) is 3.85. The van der Waals surface area contributed by atoms with Crippen molar-refractivity contribution in [1.29, 1.82) is 5.26 Å². The molecule has 0 atom stereocenters. The van der Waals surface area contributed by atoms with Crippen LogP contribution in [0.5, 0.6) is 0 Å². The Morgan fingerprint density at radius 3 is 2.62 bits per heavy atom. The Balaban J connectivity index is 3.91. The van der Waals surface area contributed by atoms with Gasteiger partial charge in [0.25, 0.3) is 0 Å². The molecule has 0 N–H and O–H groups in total. The van der Waals surface area contributed by atoms with Crippen molar-refractivity contribution in [3.8, 4) is 6.07 Å². The van der Waals surface area contributed by atoms with Crippen molar-refractivity contribution in [3.63, 3.8) is 0 Å². The third kappa shape index (κ3) is 2.49. The SMILES string of the molecule is C=C/C=C(/C#N)SC. The molecular weight excluding hydrogens is 118 g/mol. The number of nitrogens with zero attached hydrogens (tertiary/aromatic N) is 1. The van der Waals surface area contributed by atoms with Crippen molar-refractivity contribution in [2.45, 2.75) is 0 Å². The van der Waals surface area contributed by atoms with Crippen LogP contribution in [0.4, 0.5) is 0 Å². The minimum absolute atomic E-state index is 0.694. The molecule has 0 rings (SSSR count). The lowest BCUT2D eigenvalue weighted by Gasteiger charge is -1.82. The predicted molar refractivity (Wildman–Crippen MR) is 37.4 cm³/mol. The van der Waals surface area contributed by atoms with E-state index in [0.717, 1.165) is 0 Å². The highest BCUT2D eigenvalue weighted by Gasteiger charge is 1.83. The molecule has 0 spiro atoms. The van der Waals surface area contributed by atoms with Crippen LogP contribution in [0.2, 0.25) is 0 Å². The summed E-state index contributed by atoms with van der Waals surface area (Å²) in [5.74, 6) is 0. The van der Waals surface area contributed by atoms with Gasteiger partial charge in [-0.25, -0.2) is 0 Å². The van der Waals surface area contributed by atoms with Gasteiger partial charge >= 0.3 is 0 Å². The van der Waals surface area contributed by atoms with E-state index >= 15 is 0 Å². The molecule has 0 fully saturated rings. The molecule has 0 heterocycles. The second kappa shape index (κ2) is 4.48. The van der Waals surface area contributed by atoms with E-state index in [2.05, 4.69) is 6.58 Å². The van der Waals surface area contributed by atoms with Crippen LogP contribution in [0.1, 0.15) is 0 Å². The molecule has 0 unspecified atom stereocenters. The minimum atomic E-state index is 0.694. The Bertz CT molecular complexity index is 141. The van der Waals surface area contributed by atoms with Crippen LogP contribution in [0.25, 0.3) is 0 Å². The van der Waals surface area contributed by atoms with Crippen LogP contribution in [-0.2, 0) is 0 Å². The average Bonchev–Trinajstić information content (AvgIpc) is 1.83. The monoisotopic (exact) mass is 125 g/mol. The van der Waals surface area contributed by atoms with E-state index in [-0.39, 0.29) is 0 Å². The second-order valence-electron chi connectivity index (χ2n) is 1.08. The summed E-state index contributed by atoms with van der Waals surface area (Å²) >= 11 is 1.42. The molecule has 0 aromatic heterocycles. The molecule has 0 radical (unpaired) electrons. The highest BCUT2D eigenvalue weighted by Crippen LogP contribution is 2.08. The van der Waals surface area contributed by atoms with Crippen molar-refractivity contribution >= 4 is 11.8 Å². The van der Waals surface area contributed by atoms with Gasteiger partial charge in [-0.1, -0.05) is 12.7 Å². The van der Waals surface area contributed by atoms with Crippen LogP contribution >= 0.6 is 11.8 Å². The second-order valence-corrected chi connectivity index (χ2v) is 1.93. The number of allylic oxidation sites excluding steroid dienone is 3. The smallest absolute Gasteiger partial charge is 0.106 e. The molecule has 0 saturated carbocycles. The maximum absolute atomic E-state index is 8.27. The van der Waals surface area contributed by atoms with E-state index in [9.17, 15) is 0 Å². The quantitative estimate of drug-likeness (QED) is 0.416. The van der Waals surface area contributed by atoms with Crippen molar-refractivity contribution < 1.29 is 0 Å². The highest BCUT2D eigenvalue weighted by molar-refractivity contribution is 8.02. The first-order valence-corrected chi connectivity index (χ1v) is 3.34. The Morgan fingerprint density at radius 1 is 1.88 bits per heavy atom.